The van der Waals surface area contributed by atoms with Gasteiger partial charge in [0.15, 0.2) is 0 Å². The van der Waals surface area contributed by atoms with Gasteiger partial charge in [0.25, 0.3) is 0 Å². The number of anilines is 2. The third kappa shape index (κ3) is 4.17. The van der Waals surface area contributed by atoms with Gasteiger partial charge in [-0.3, -0.25) is 9.59 Å². The lowest BCUT2D eigenvalue weighted by atomic mass is 10.2. The first-order valence-electron chi connectivity index (χ1n) is 7.15. The number of carbonyl (C=O) groups excluding carboxylic acids is 2. The zero-order valence-electron chi connectivity index (χ0n) is 13.0. The van der Waals surface area contributed by atoms with Crippen LogP contribution in [0, 0.1) is 18.3 Å². The summed E-state index contributed by atoms with van der Waals surface area (Å²) in [5, 5.41) is 11.6. The number of nitriles is 1. The average Bonchev–Trinajstić information content (AvgIpc) is 2.55. The summed E-state index contributed by atoms with van der Waals surface area (Å²) >= 11 is 0. The minimum absolute atomic E-state index is 0.0877. The van der Waals surface area contributed by atoms with E-state index >= 15 is 0 Å². The van der Waals surface area contributed by atoms with E-state index in [1.54, 1.807) is 24.3 Å². The van der Waals surface area contributed by atoms with E-state index in [1.165, 1.54) is 11.8 Å². The van der Waals surface area contributed by atoms with Crippen molar-refractivity contribution in [2.24, 2.45) is 0 Å². The topological polar surface area (TPSA) is 73.2 Å². The van der Waals surface area contributed by atoms with Crippen molar-refractivity contribution in [2.45, 2.75) is 13.8 Å². The molecule has 23 heavy (non-hydrogen) atoms. The van der Waals surface area contributed by atoms with Crippen LogP contribution in [0.3, 0.4) is 0 Å². The highest BCUT2D eigenvalue weighted by molar-refractivity contribution is 6.02. The van der Waals surface area contributed by atoms with E-state index in [4.69, 9.17) is 5.26 Å². The minimum atomic E-state index is -0.279. The zero-order chi connectivity index (χ0) is 16.8. The van der Waals surface area contributed by atoms with Gasteiger partial charge >= 0.3 is 0 Å². The SMILES string of the molecule is CC(=O)N(CC(=O)Nc1ccccc1C)c1ccc(C#N)cc1. The van der Waals surface area contributed by atoms with E-state index in [1.807, 2.05) is 37.3 Å². The van der Waals surface area contributed by atoms with Crippen molar-refractivity contribution < 1.29 is 9.59 Å². The second-order valence-corrected chi connectivity index (χ2v) is 5.13. The number of rotatable bonds is 4. The highest BCUT2D eigenvalue weighted by Gasteiger charge is 2.16. The van der Waals surface area contributed by atoms with E-state index < -0.39 is 0 Å². The number of para-hydroxylation sites is 1. The molecule has 1 N–H and O–H groups in total. The van der Waals surface area contributed by atoms with Crippen LogP contribution in [0.15, 0.2) is 48.5 Å². The third-order valence-electron chi connectivity index (χ3n) is 3.41. The first-order chi connectivity index (χ1) is 11.0. The molecule has 2 rings (SSSR count). The molecule has 0 aliphatic carbocycles. The maximum absolute atomic E-state index is 12.2. The molecule has 2 aromatic rings. The fourth-order valence-corrected chi connectivity index (χ4v) is 2.15. The molecule has 0 atom stereocenters. The molecule has 0 bridgehead atoms. The van der Waals surface area contributed by atoms with Crippen LogP contribution in [0.2, 0.25) is 0 Å². The predicted molar refractivity (Wildman–Crippen MR) is 89.0 cm³/mol. The Labute approximate surface area is 135 Å². The molecule has 0 saturated heterocycles. The van der Waals surface area contributed by atoms with Gasteiger partial charge in [-0.05, 0) is 42.8 Å². The predicted octanol–water partition coefficient (Wildman–Crippen LogP) is 2.86. The summed E-state index contributed by atoms with van der Waals surface area (Å²) in [5.74, 6) is -0.520. The van der Waals surface area contributed by atoms with Crippen molar-refractivity contribution in [3.63, 3.8) is 0 Å². The van der Waals surface area contributed by atoms with Crippen LogP contribution in [0.25, 0.3) is 0 Å². The fourth-order valence-electron chi connectivity index (χ4n) is 2.15. The number of amides is 2. The van der Waals surface area contributed by atoms with Gasteiger partial charge in [-0.15, -0.1) is 0 Å². The van der Waals surface area contributed by atoms with Gasteiger partial charge in [-0.2, -0.15) is 5.26 Å². The Morgan fingerprint density at radius 3 is 2.35 bits per heavy atom. The van der Waals surface area contributed by atoms with E-state index in [9.17, 15) is 9.59 Å². The lowest BCUT2D eigenvalue weighted by molar-refractivity contribution is -0.120. The highest BCUT2D eigenvalue weighted by atomic mass is 16.2. The summed E-state index contributed by atoms with van der Waals surface area (Å²) in [5.41, 5.74) is 2.76. The van der Waals surface area contributed by atoms with Gasteiger partial charge in [-0.1, -0.05) is 18.2 Å². The lowest BCUT2D eigenvalue weighted by Gasteiger charge is -2.21. The number of hydrogen-bond acceptors (Lipinski definition) is 3. The molecule has 0 unspecified atom stereocenters. The van der Waals surface area contributed by atoms with Crippen LogP contribution in [0.5, 0.6) is 0 Å². The van der Waals surface area contributed by atoms with Crippen LogP contribution >= 0.6 is 0 Å². The van der Waals surface area contributed by atoms with E-state index in [-0.39, 0.29) is 18.4 Å². The van der Waals surface area contributed by atoms with E-state index in [0.717, 1.165) is 11.3 Å². The molecule has 0 saturated carbocycles. The monoisotopic (exact) mass is 307 g/mol. The highest BCUT2D eigenvalue weighted by Crippen LogP contribution is 2.17. The maximum Gasteiger partial charge on any atom is 0.244 e. The Kier molecular flexibility index (Phi) is 5.11. The summed E-state index contributed by atoms with van der Waals surface area (Å²) in [7, 11) is 0. The molecular formula is C18H17N3O2. The van der Waals surface area contributed by atoms with Gasteiger partial charge in [0.2, 0.25) is 11.8 Å². The fraction of sp³-hybridized carbons (Fsp3) is 0.167. The van der Waals surface area contributed by atoms with Gasteiger partial charge in [0.05, 0.1) is 11.6 Å². The Hall–Kier alpha value is -3.13. The van der Waals surface area contributed by atoms with Crippen LogP contribution in [0.4, 0.5) is 11.4 Å². The average molecular weight is 307 g/mol. The summed E-state index contributed by atoms with van der Waals surface area (Å²) < 4.78 is 0. The Morgan fingerprint density at radius 1 is 1.13 bits per heavy atom. The van der Waals surface area contributed by atoms with Crippen LogP contribution < -0.4 is 10.2 Å². The molecule has 116 valence electrons. The molecule has 0 heterocycles. The zero-order valence-corrected chi connectivity index (χ0v) is 13.0. The number of nitrogens with zero attached hydrogens (tertiary/aromatic N) is 2. The Morgan fingerprint density at radius 2 is 1.78 bits per heavy atom. The first-order valence-corrected chi connectivity index (χ1v) is 7.15. The molecular weight excluding hydrogens is 290 g/mol. The van der Waals surface area contributed by atoms with Gasteiger partial charge in [-0.25, -0.2) is 0 Å². The van der Waals surface area contributed by atoms with Crippen molar-refractivity contribution in [3.8, 4) is 6.07 Å². The number of carbonyl (C=O) groups is 2. The molecule has 0 aliphatic rings. The van der Waals surface area contributed by atoms with Crippen molar-refractivity contribution in [3.05, 3.63) is 59.7 Å². The van der Waals surface area contributed by atoms with Gasteiger partial charge < -0.3 is 10.2 Å². The van der Waals surface area contributed by atoms with Crippen molar-refractivity contribution in [1.29, 1.82) is 5.26 Å². The van der Waals surface area contributed by atoms with Crippen LogP contribution in [0.1, 0.15) is 18.1 Å². The molecule has 5 heteroatoms. The van der Waals surface area contributed by atoms with Gasteiger partial charge in [0, 0.05) is 18.3 Å². The van der Waals surface area contributed by atoms with Crippen molar-refractivity contribution in [1.82, 2.24) is 0 Å². The standard InChI is InChI=1S/C18H17N3O2/c1-13-5-3-4-6-17(13)20-18(23)12-21(14(2)22)16-9-7-15(11-19)8-10-16/h3-10H,12H2,1-2H3,(H,20,23). The Balaban J connectivity index is 2.13. The molecule has 5 nitrogen and oxygen atoms in total. The number of nitrogens with one attached hydrogen (secondary N) is 1. The molecule has 0 aliphatic heterocycles. The maximum atomic E-state index is 12.2. The lowest BCUT2D eigenvalue weighted by Crippen LogP contribution is -2.36. The normalized spacial score (nSPS) is 9.78. The summed E-state index contributed by atoms with van der Waals surface area (Å²) in [6.45, 7) is 3.22. The van der Waals surface area contributed by atoms with Crippen molar-refractivity contribution in [2.75, 3.05) is 16.8 Å². The quantitative estimate of drug-likeness (QED) is 0.944. The van der Waals surface area contributed by atoms with E-state index in [2.05, 4.69) is 5.32 Å². The van der Waals surface area contributed by atoms with Crippen LogP contribution in [-0.2, 0) is 9.59 Å². The number of hydrogen-bond donors (Lipinski definition) is 1. The molecule has 0 fully saturated rings. The molecule has 2 aromatic carbocycles. The second kappa shape index (κ2) is 7.23. The summed E-state index contributed by atoms with van der Waals surface area (Å²) in [6, 6.07) is 16.0. The first kappa shape index (κ1) is 16.2. The molecule has 0 spiro atoms. The second-order valence-electron chi connectivity index (χ2n) is 5.13. The van der Waals surface area contributed by atoms with Crippen molar-refractivity contribution >= 4 is 23.2 Å². The number of aryl methyl sites for hydroxylation is 1. The molecule has 2 amide bonds. The summed E-state index contributed by atoms with van der Waals surface area (Å²) in [4.78, 5) is 25.4. The largest absolute Gasteiger partial charge is 0.324 e. The molecule has 0 radical (unpaired) electrons. The Bertz CT molecular complexity index is 761. The summed E-state index contributed by atoms with van der Waals surface area (Å²) in [6.07, 6.45) is 0. The van der Waals surface area contributed by atoms with Gasteiger partial charge in [0.1, 0.15) is 6.54 Å². The number of benzene rings is 2. The third-order valence-corrected chi connectivity index (χ3v) is 3.41. The van der Waals surface area contributed by atoms with E-state index in [0.29, 0.717) is 11.3 Å². The smallest absolute Gasteiger partial charge is 0.244 e. The van der Waals surface area contributed by atoms with Crippen LogP contribution in [-0.4, -0.2) is 18.4 Å². The minimum Gasteiger partial charge on any atom is -0.324 e. The molecule has 0 aromatic heterocycles.